The van der Waals surface area contributed by atoms with Crippen LogP contribution in [0.3, 0.4) is 0 Å². The molecule has 0 fully saturated rings. The molecular weight excluding hydrogens is 412 g/mol. The maximum Gasteiger partial charge on any atom is 0.255 e. The number of hydrogen-bond acceptors (Lipinski definition) is 3. The van der Waals surface area contributed by atoms with Gasteiger partial charge in [-0.15, -0.1) is 0 Å². The number of ether oxygens (including phenoxy) is 1. The number of benzene rings is 1. The van der Waals surface area contributed by atoms with E-state index in [4.69, 9.17) is 4.74 Å². The van der Waals surface area contributed by atoms with Crippen LogP contribution in [0.5, 0.6) is 5.75 Å². The summed E-state index contributed by atoms with van der Waals surface area (Å²) in [5.41, 5.74) is 1.05. The average Bonchev–Trinajstić information content (AvgIpc) is 2.83. The fourth-order valence-corrected chi connectivity index (χ4v) is 3.74. The van der Waals surface area contributed by atoms with E-state index < -0.39 is 0 Å². The molecule has 1 rings (SSSR count). The summed E-state index contributed by atoms with van der Waals surface area (Å²) in [7, 11) is 0. The minimum atomic E-state index is -0.128. The molecule has 5 nitrogen and oxygen atoms in total. The largest absolute Gasteiger partial charge is 0.493 e. The zero-order chi connectivity index (χ0) is 24.2. The minimum Gasteiger partial charge on any atom is -0.493 e. The summed E-state index contributed by atoms with van der Waals surface area (Å²) in [5, 5.41) is 6.01. The average molecular weight is 461 g/mol. The van der Waals surface area contributed by atoms with Crippen LogP contribution in [0.1, 0.15) is 131 Å². The van der Waals surface area contributed by atoms with Gasteiger partial charge in [-0.25, -0.2) is 0 Å². The molecule has 0 spiro atoms. The first-order chi connectivity index (χ1) is 16.1. The molecule has 0 radical (unpaired) electrons. The number of unbranched alkanes of at least 4 members (excludes halogenated alkanes) is 11. The van der Waals surface area contributed by atoms with Gasteiger partial charge in [0.05, 0.1) is 12.2 Å². The number of rotatable bonds is 20. The van der Waals surface area contributed by atoms with Crippen molar-refractivity contribution < 1.29 is 14.3 Å². The van der Waals surface area contributed by atoms with Gasteiger partial charge < -0.3 is 15.4 Å². The maximum absolute atomic E-state index is 12.8. The standard InChI is InChI=1S/C28H48N2O3/c1-4-7-10-13-15-20-29-27(31)24-18-19-25(26(23-24)33-22-17-12-9-6-3)28(32)30-21-16-14-11-8-5-2/h18-19,23H,4-17,20-22H2,1-3H3,(H,29,31)(H,30,32). The predicted octanol–water partition coefficient (Wildman–Crippen LogP) is 7.05. The lowest BCUT2D eigenvalue weighted by Crippen LogP contribution is -2.26. The number of carbonyl (C=O) groups excluding carboxylic acids is 2. The van der Waals surface area contributed by atoms with Gasteiger partial charge in [-0.05, 0) is 37.5 Å². The van der Waals surface area contributed by atoms with Gasteiger partial charge in [0.1, 0.15) is 5.75 Å². The highest BCUT2D eigenvalue weighted by Gasteiger charge is 2.16. The van der Waals surface area contributed by atoms with Crippen molar-refractivity contribution in [2.45, 2.75) is 111 Å². The summed E-state index contributed by atoms with van der Waals surface area (Å²) in [6.07, 6.45) is 16.0. The summed E-state index contributed by atoms with van der Waals surface area (Å²) < 4.78 is 5.98. The van der Waals surface area contributed by atoms with Crippen molar-refractivity contribution in [2.75, 3.05) is 19.7 Å². The highest BCUT2D eigenvalue weighted by Crippen LogP contribution is 2.22. The molecule has 0 aliphatic rings. The Morgan fingerprint density at radius 2 is 1.18 bits per heavy atom. The van der Waals surface area contributed by atoms with Crippen LogP contribution in [0, 0.1) is 0 Å². The van der Waals surface area contributed by atoms with E-state index in [1.807, 2.05) is 0 Å². The van der Waals surface area contributed by atoms with Crippen molar-refractivity contribution in [3.8, 4) is 5.75 Å². The molecule has 0 bridgehead atoms. The molecule has 0 saturated carbocycles. The summed E-state index contributed by atoms with van der Waals surface area (Å²) >= 11 is 0. The van der Waals surface area contributed by atoms with Crippen molar-refractivity contribution in [2.24, 2.45) is 0 Å². The first kappa shape index (κ1) is 29.0. The van der Waals surface area contributed by atoms with Crippen molar-refractivity contribution in [3.63, 3.8) is 0 Å². The first-order valence-electron chi connectivity index (χ1n) is 13.5. The topological polar surface area (TPSA) is 67.4 Å². The van der Waals surface area contributed by atoms with Crippen molar-refractivity contribution in [3.05, 3.63) is 29.3 Å². The molecule has 5 heteroatoms. The van der Waals surface area contributed by atoms with Gasteiger partial charge in [0.2, 0.25) is 0 Å². The van der Waals surface area contributed by atoms with Gasteiger partial charge in [0.25, 0.3) is 11.8 Å². The van der Waals surface area contributed by atoms with E-state index in [2.05, 4.69) is 31.4 Å². The Morgan fingerprint density at radius 3 is 1.76 bits per heavy atom. The van der Waals surface area contributed by atoms with Crippen LogP contribution in [-0.2, 0) is 0 Å². The molecule has 0 aromatic heterocycles. The molecule has 188 valence electrons. The SMILES string of the molecule is CCCCCCCNC(=O)c1ccc(C(=O)NCCCCCCC)c(OCCCCCC)c1. The maximum atomic E-state index is 12.8. The van der Waals surface area contributed by atoms with E-state index in [0.29, 0.717) is 36.6 Å². The van der Waals surface area contributed by atoms with Gasteiger partial charge in [0.15, 0.2) is 0 Å². The minimum absolute atomic E-state index is 0.107. The zero-order valence-electron chi connectivity index (χ0n) is 21.5. The van der Waals surface area contributed by atoms with E-state index in [0.717, 1.165) is 38.5 Å². The van der Waals surface area contributed by atoms with Crippen molar-refractivity contribution in [1.29, 1.82) is 0 Å². The van der Waals surface area contributed by atoms with Gasteiger partial charge in [-0.1, -0.05) is 91.4 Å². The fourth-order valence-electron chi connectivity index (χ4n) is 3.74. The van der Waals surface area contributed by atoms with Gasteiger partial charge in [0, 0.05) is 18.7 Å². The molecule has 0 atom stereocenters. The highest BCUT2D eigenvalue weighted by molar-refractivity contribution is 6.00. The molecule has 0 aliphatic carbocycles. The van der Waals surface area contributed by atoms with Crippen LogP contribution in [0.4, 0.5) is 0 Å². The fraction of sp³-hybridized carbons (Fsp3) is 0.714. The van der Waals surface area contributed by atoms with Gasteiger partial charge >= 0.3 is 0 Å². The number of amides is 2. The van der Waals surface area contributed by atoms with Crippen LogP contribution >= 0.6 is 0 Å². The van der Waals surface area contributed by atoms with Gasteiger partial charge in [-0.3, -0.25) is 9.59 Å². The lowest BCUT2D eigenvalue weighted by molar-refractivity contribution is 0.0937. The van der Waals surface area contributed by atoms with E-state index in [9.17, 15) is 9.59 Å². The third kappa shape index (κ3) is 13.3. The van der Waals surface area contributed by atoms with E-state index in [-0.39, 0.29) is 11.8 Å². The second-order valence-electron chi connectivity index (χ2n) is 8.96. The first-order valence-corrected chi connectivity index (χ1v) is 13.5. The van der Waals surface area contributed by atoms with Crippen LogP contribution in [0.25, 0.3) is 0 Å². The summed E-state index contributed by atoms with van der Waals surface area (Å²) in [6.45, 7) is 8.47. The number of carbonyl (C=O) groups is 2. The normalized spacial score (nSPS) is 10.8. The van der Waals surface area contributed by atoms with Crippen LogP contribution in [0.15, 0.2) is 18.2 Å². The predicted molar refractivity (Wildman–Crippen MR) is 138 cm³/mol. The van der Waals surface area contributed by atoms with Crippen LogP contribution in [0.2, 0.25) is 0 Å². The van der Waals surface area contributed by atoms with Gasteiger partial charge in [-0.2, -0.15) is 0 Å². The lowest BCUT2D eigenvalue weighted by Gasteiger charge is -2.14. The molecule has 33 heavy (non-hydrogen) atoms. The Balaban J connectivity index is 2.67. The highest BCUT2D eigenvalue weighted by atomic mass is 16.5. The molecule has 1 aromatic rings. The smallest absolute Gasteiger partial charge is 0.255 e. The Labute approximate surface area is 202 Å². The molecule has 2 N–H and O–H groups in total. The van der Waals surface area contributed by atoms with E-state index >= 15 is 0 Å². The molecule has 0 unspecified atom stereocenters. The molecule has 2 amide bonds. The van der Waals surface area contributed by atoms with Crippen molar-refractivity contribution in [1.82, 2.24) is 10.6 Å². The Kier molecular flexibility index (Phi) is 17.1. The third-order valence-electron chi connectivity index (χ3n) is 5.88. The molecule has 0 heterocycles. The van der Waals surface area contributed by atoms with Crippen LogP contribution in [-0.4, -0.2) is 31.5 Å². The Morgan fingerprint density at radius 1 is 0.667 bits per heavy atom. The second kappa shape index (κ2) is 19.4. The van der Waals surface area contributed by atoms with Crippen molar-refractivity contribution >= 4 is 11.8 Å². The molecular formula is C28H48N2O3. The van der Waals surface area contributed by atoms with E-state index in [1.54, 1.807) is 18.2 Å². The quantitative estimate of drug-likeness (QED) is 0.205. The Hall–Kier alpha value is -2.04. The summed E-state index contributed by atoms with van der Waals surface area (Å²) in [5.74, 6) is 0.270. The third-order valence-corrected chi connectivity index (χ3v) is 5.88. The lowest BCUT2D eigenvalue weighted by atomic mass is 10.1. The summed E-state index contributed by atoms with van der Waals surface area (Å²) in [6, 6.07) is 5.18. The Bertz CT molecular complexity index is 661. The van der Waals surface area contributed by atoms with Crippen LogP contribution < -0.4 is 15.4 Å². The zero-order valence-corrected chi connectivity index (χ0v) is 21.5. The molecule has 0 saturated heterocycles. The van der Waals surface area contributed by atoms with E-state index in [1.165, 1.54) is 51.4 Å². The second-order valence-corrected chi connectivity index (χ2v) is 8.96. The number of nitrogens with one attached hydrogen (secondary N) is 2. The number of hydrogen-bond donors (Lipinski definition) is 2. The summed E-state index contributed by atoms with van der Waals surface area (Å²) in [4.78, 5) is 25.4. The molecule has 0 aliphatic heterocycles. The molecule has 1 aromatic carbocycles. The monoisotopic (exact) mass is 460 g/mol.